The van der Waals surface area contributed by atoms with E-state index >= 15 is 0 Å². The molecule has 0 saturated carbocycles. The van der Waals surface area contributed by atoms with Gasteiger partial charge in [0.25, 0.3) is 0 Å². The minimum absolute atomic E-state index is 0.125. The molecule has 7 aromatic carbocycles. The standard InChI is InChI=1S/C15H19BrClNO2Si.C10H7BrClNO.C10H8BrNO2.C10H8BrNO.C10H9NO.C9H5BrClNO.C9H6BrN/c1-21(2,3)9-8-19-10-20-13-11-6-4-5-7-12(11)15(17)18-14(13)16;1-14-8-6-4-2-3-5-7(6)10(12)13-9(8)11;1-14-9-8-5-3-2-4-7(8)6-12(13)10(9)11;1-13-9-8-5-3-2-4-7(8)6-12-10(9)11;1-12-10-7-11-6-8-4-2-3-5-9(8)10;10-8-7(13)5-3-1-2-4-6(5)9(11)12-8;10-9-6-11-5-7-3-1-2-4-8(7)9/h4-7H,8-10H2,1-3H3;2-5H,1H3;2-6H,1H3;2-6H,1H3;2-7H,1H3;1-4,13H;1-6H. The number of fused-ring (bicyclic) bond motifs is 7. The molecule has 0 saturated heterocycles. The van der Waals surface area contributed by atoms with E-state index in [0.29, 0.717) is 56.5 Å². The minimum Gasteiger partial charge on any atom is -0.618 e. The lowest BCUT2D eigenvalue weighted by molar-refractivity contribution is -0.616. The van der Waals surface area contributed by atoms with Crippen LogP contribution >= 0.6 is 130 Å². The van der Waals surface area contributed by atoms with E-state index in [1.807, 2.05) is 183 Å². The van der Waals surface area contributed by atoms with Crippen molar-refractivity contribution in [2.45, 2.75) is 25.7 Å². The molecule has 0 amide bonds. The molecule has 25 heteroatoms. The van der Waals surface area contributed by atoms with E-state index in [-0.39, 0.29) is 12.5 Å². The van der Waals surface area contributed by atoms with Crippen molar-refractivity contribution in [2.75, 3.05) is 41.8 Å². The molecule has 0 bridgehead atoms. The van der Waals surface area contributed by atoms with Gasteiger partial charge in [-0.3, -0.25) is 9.97 Å². The summed E-state index contributed by atoms with van der Waals surface area (Å²) in [5.74, 6) is 3.69. The summed E-state index contributed by atoms with van der Waals surface area (Å²) >= 11 is 37.8. The van der Waals surface area contributed by atoms with Crippen LogP contribution in [-0.4, -0.2) is 84.9 Å². The van der Waals surface area contributed by atoms with Crippen LogP contribution < -0.4 is 28.4 Å². The smallest absolute Gasteiger partial charge is 0.302 e. The Morgan fingerprint density at radius 3 is 1.35 bits per heavy atom. The highest BCUT2D eigenvalue weighted by Gasteiger charge is 2.17. The van der Waals surface area contributed by atoms with Crippen molar-refractivity contribution in [1.29, 1.82) is 0 Å². The van der Waals surface area contributed by atoms with Gasteiger partial charge in [0.05, 0.1) is 40.0 Å². The first-order chi connectivity index (χ1) is 47.2. The Morgan fingerprint density at radius 1 is 0.429 bits per heavy atom. The molecule has 14 aromatic rings. The van der Waals surface area contributed by atoms with Gasteiger partial charge in [-0.2, -0.15) is 4.73 Å². The Labute approximate surface area is 633 Å². The number of aromatic hydroxyl groups is 1. The fourth-order valence-electron chi connectivity index (χ4n) is 9.43. The highest BCUT2D eigenvalue weighted by molar-refractivity contribution is 9.11. The molecule has 0 aliphatic rings. The van der Waals surface area contributed by atoms with Crippen LogP contribution in [0.1, 0.15) is 0 Å². The third kappa shape index (κ3) is 20.3. The molecular weight excluding hydrogens is 1720 g/mol. The van der Waals surface area contributed by atoms with E-state index in [1.165, 1.54) is 17.0 Å². The summed E-state index contributed by atoms with van der Waals surface area (Å²) in [5.41, 5.74) is 0. The van der Waals surface area contributed by atoms with Crippen LogP contribution in [0.3, 0.4) is 0 Å². The predicted molar refractivity (Wildman–Crippen MR) is 422 cm³/mol. The van der Waals surface area contributed by atoms with E-state index < -0.39 is 8.07 Å². The number of nitrogens with zero attached hydrogens (tertiary/aromatic N) is 7. The van der Waals surface area contributed by atoms with Crippen molar-refractivity contribution in [2.24, 2.45) is 0 Å². The maximum atomic E-state index is 11.4. The summed E-state index contributed by atoms with van der Waals surface area (Å²) in [4.78, 5) is 24.6. The molecular formula is C73H62Br6Cl3N7O8Si. The summed E-state index contributed by atoms with van der Waals surface area (Å²) in [6.07, 6.45) is 10.6. The first-order valence-corrected chi connectivity index (χ1v) is 39.2. The number of hydrogen-bond donors (Lipinski definition) is 1. The molecule has 98 heavy (non-hydrogen) atoms. The van der Waals surface area contributed by atoms with Crippen LogP contribution in [0.2, 0.25) is 41.1 Å². The highest BCUT2D eigenvalue weighted by Crippen LogP contribution is 2.39. The van der Waals surface area contributed by atoms with Gasteiger partial charge in [-0.15, -0.1) is 0 Å². The van der Waals surface area contributed by atoms with Crippen molar-refractivity contribution in [3.63, 3.8) is 0 Å². The Bertz CT molecular complexity index is 5040. The van der Waals surface area contributed by atoms with Gasteiger partial charge in [0.15, 0.2) is 40.6 Å². The molecule has 0 radical (unpaired) electrons. The van der Waals surface area contributed by atoms with E-state index in [9.17, 15) is 10.3 Å². The molecule has 7 aromatic heterocycles. The summed E-state index contributed by atoms with van der Waals surface area (Å²) < 4.78 is 36.7. The summed E-state index contributed by atoms with van der Waals surface area (Å²) in [5, 5.41) is 36.0. The molecule has 15 nitrogen and oxygen atoms in total. The molecule has 0 aliphatic heterocycles. The second-order valence-corrected chi connectivity index (χ2v) is 33.2. The summed E-state index contributed by atoms with van der Waals surface area (Å²) in [6.45, 7) is 7.92. The molecule has 0 aliphatic carbocycles. The van der Waals surface area contributed by atoms with Crippen LogP contribution in [-0.2, 0) is 4.74 Å². The average molecular weight is 1780 g/mol. The zero-order valence-corrected chi connectivity index (χ0v) is 66.4. The highest BCUT2D eigenvalue weighted by atomic mass is 79.9. The number of halogens is 9. The Balaban J connectivity index is 0.000000147. The number of hydrogen-bond acceptors (Lipinski definition) is 14. The summed E-state index contributed by atoms with van der Waals surface area (Å²) in [6, 6.07) is 55.7. The Kier molecular flexibility index (Phi) is 29.3. The number of ether oxygens (including phenoxy) is 6. The average Bonchev–Trinajstić information content (AvgIpc) is 2.08. The maximum absolute atomic E-state index is 11.4. The van der Waals surface area contributed by atoms with Gasteiger partial charge in [0.2, 0.25) is 5.75 Å². The van der Waals surface area contributed by atoms with Crippen molar-refractivity contribution < 1.29 is 38.3 Å². The van der Waals surface area contributed by atoms with Crippen molar-refractivity contribution in [1.82, 2.24) is 29.9 Å². The Morgan fingerprint density at radius 2 is 0.827 bits per heavy atom. The number of aromatic nitrogens is 7. The fourth-order valence-corrected chi connectivity index (χ4v) is 14.1. The van der Waals surface area contributed by atoms with Crippen LogP contribution in [0.4, 0.5) is 0 Å². The van der Waals surface area contributed by atoms with E-state index in [2.05, 4.69) is 151 Å². The van der Waals surface area contributed by atoms with Gasteiger partial charge < -0.3 is 38.7 Å². The monoisotopic (exact) mass is 1770 g/mol. The molecule has 0 atom stereocenters. The van der Waals surface area contributed by atoms with Gasteiger partial charge in [-0.1, -0.05) is 218 Å². The minimum atomic E-state index is -1.07. The second kappa shape index (κ2) is 37.4. The largest absolute Gasteiger partial charge is 0.618 e. The number of pyridine rings is 7. The fraction of sp³-hybridized carbons (Fsp3) is 0.137. The third-order valence-electron chi connectivity index (χ3n) is 14.3. The molecule has 1 N–H and O–H groups in total. The van der Waals surface area contributed by atoms with E-state index in [0.717, 1.165) is 97.2 Å². The second-order valence-electron chi connectivity index (χ2n) is 21.9. The normalized spacial score (nSPS) is 10.7. The SMILES string of the molecule is Brc1cncc2ccccc12.COc1c(Br)[n+]([O-])cc2ccccc12.COc1c(Br)nc(Cl)c2ccccc12.COc1c(Br)ncc2ccccc12.COc1cncc2ccccc12.C[Si](C)(C)CCOCOc1c(Br)nc(Cl)c2ccccc12.Oc1c(Br)nc(Cl)c2ccccc12. The molecule has 7 heterocycles. The number of benzene rings is 7. The van der Waals surface area contributed by atoms with Crippen LogP contribution in [0.5, 0.6) is 34.5 Å². The van der Waals surface area contributed by atoms with Crippen LogP contribution in [0, 0.1) is 5.21 Å². The lowest BCUT2D eigenvalue weighted by Gasteiger charge is -2.16. The molecule has 14 rings (SSSR count). The number of methoxy groups -OCH3 is 4. The third-order valence-corrected chi connectivity index (χ3v) is 20.4. The molecule has 0 fully saturated rings. The lowest BCUT2D eigenvalue weighted by Crippen LogP contribution is -2.27. The van der Waals surface area contributed by atoms with Gasteiger partial charge in [0, 0.05) is 125 Å². The van der Waals surface area contributed by atoms with Gasteiger partial charge in [-0.25, -0.2) is 19.9 Å². The quantitative estimate of drug-likeness (QED) is 0.0341. The molecule has 504 valence electrons. The number of rotatable bonds is 10. The van der Waals surface area contributed by atoms with Gasteiger partial charge >= 0.3 is 4.60 Å². The van der Waals surface area contributed by atoms with Crippen LogP contribution in [0.15, 0.2) is 235 Å². The molecule has 0 spiro atoms. The van der Waals surface area contributed by atoms with Crippen LogP contribution in [0.25, 0.3) is 75.4 Å². The van der Waals surface area contributed by atoms with Crippen molar-refractivity contribution in [3.05, 3.63) is 255 Å². The van der Waals surface area contributed by atoms with E-state index in [4.69, 9.17) is 63.2 Å². The van der Waals surface area contributed by atoms with Gasteiger partial charge in [-0.05, 0) is 97.1 Å². The zero-order chi connectivity index (χ0) is 70.5. The first-order valence-electron chi connectivity index (χ1n) is 29.6. The van der Waals surface area contributed by atoms with Gasteiger partial charge in [0.1, 0.15) is 35.0 Å². The van der Waals surface area contributed by atoms with Crippen molar-refractivity contribution in [3.8, 4) is 34.5 Å². The lowest BCUT2D eigenvalue weighted by atomic mass is 10.2. The first kappa shape index (κ1) is 76.7. The topological polar surface area (TPSA) is 180 Å². The molecule has 0 unspecified atom stereocenters. The Hall–Kier alpha value is -7.06. The van der Waals surface area contributed by atoms with Crippen molar-refractivity contribution >= 4 is 214 Å². The zero-order valence-electron chi connectivity index (χ0n) is 53.6. The predicted octanol–water partition coefficient (Wildman–Crippen LogP) is 22.8. The van der Waals surface area contributed by atoms with E-state index in [1.54, 1.807) is 40.7 Å². The summed E-state index contributed by atoms with van der Waals surface area (Å²) in [7, 11) is 5.40. The maximum Gasteiger partial charge on any atom is 0.302 e.